The molecule has 27 heavy (non-hydrogen) atoms. The van der Waals surface area contributed by atoms with E-state index in [0.29, 0.717) is 23.9 Å². The third kappa shape index (κ3) is 4.97. The molecule has 0 fully saturated rings. The van der Waals surface area contributed by atoms with Crippen molar-refractivity contribution >= 4 is 5.91 Å². The molecule has 140 valence electrons. The van der Waals surface area contributed by atoms with Crippen molar-refractivity contribution in [1.82, 2.24) is 9.88 Å². The average Bonchev–Trinajstić information content (AvgIpc) is 3.15. The van der Waals surface area contributed by atoms with E-state index in [1.165, 1.54) is 0 Å². The van der Waals surface area contributed by atoms with Crippen LogP contribution < -0.4 is 4.74 Å². The molecule has 0 radical (unpaired) electrons. The number of hydrogen-bond acceptors (Lipinski definition) is 4. The van der Waals surface area contributed by atoms with Gasteiger partial charge in [-0.3, -0.25) is 4.79 Å². The van der Waals surface area contributed by atoms with Crippen molar-refractivity contribution in [1.29, 1.82) is 0 Å². The van der Waals surface area contributed by atoms with E-state index in [4.69, 9.17) is 9.15 Å². The molecule has 0 atom stereocenters. The van der Waals surface area contributed by atoms with E-state index in [2.05, 4.69) is 4.98 Å². The molecule has 0 saturated heterocycles. The molecule has 3 rings (SSSR count). The molecule has 0 saturated carbocycles. The smallest absolute Gasteiger partial charge is 0.261 e. The minimum Gasteiger partial charge on any atom is -0.484 e. The van der Waals surface area contributed by atoms with Crippen LogP contribution in [0.4, 0.5) is 0 Å². The number of aryl methyl sites for hydroxylation is 1. The summed E-state index contributed by atoms with van der Waals surface area (Å²) in [6, 6.07) is 17.4. The molecule has 3 aromatic rings. The van der Waals surface area contributed by atoms with Gasteiger partial charge in [-0.1, -0.05) is 35.9 Å². The number of carbonyl (C=O) groups excluding carboxylic acids is 1. The second-order valence-corrected chi connectivity index (χ2v) is 6.73. The summed E-state index contributed by atoms with van der Waals surface area (Å²) < 4.78 is 11.2. The average molecular weight is 364 g/mol. The van der Waals surface area contributed by atoms with Crippen LogP contribution in [0.5, 0.6) is 5.75 Å². The first-order valence-electron chi connectivity index (χ1n) is 9.01. The minimum atomic E-state index is -0.0881. The molecule has 0 aliphatic rings. The fraction of sp³-hybridized carbons (Fsp3) is 0.273. The van der Waals surface area contributed by atoms with E-state index in [-0.39, 0.29) is 18.6 Å². The Balaban J connectivity index is 1.64. The maximum absolute atomic E-state index is 12.6. The Hall–Kier alpha value is -3.08. The lowest BCUT2D eigenvalue weighted by Crippen LogP contribution is -2.39. The Morgan fingerprint density at radius 3 is 2.48 bits per heavy atom. The Morgan fingerprint density at radius 2 is 1.81 bits per heavy atom. The summed E-state index contributed by atoms with van der Waals surface area (Å²) in [5, 5.41) is 0. The van der Waals surface area contributed by atoms with Gasteiger partial charge in [-0.25, -0.2) is 4.98 Å². The lowest BCUT2D eigenvalue weighted by molar-refractivity contribution is -0.135. The molecule has 0 spiro atoms. The van der Waals surface area contributed by atoms with Crippen molar-refractivity contribution in [3.63, 3.8) is 0 Å². The standard InChI is InChI=1S/C22H24N2O3/c1-16(2)24(21(25)15-26-20-11-9-17(3)10-12-20)13-19-14-27-22(23-19)18-7-5-4-6-8-18/h4-12,14,16H,13,15H2,1-3H3. The van der Waals surface area contributed by atoms with Crippen molar-refractivity contribution in [2.75, 3.05) is 6.61 Å². The number of rotatable bonds is 7. The number of oxazole rings is 1. The molecule has 2 aromatic carbocycles. The van der Waals surface area contributed by atoms with Gasteiger partial charge in [0.05, 0.1) is 12.2 Å². The summed E-state index contributed by atoms with van der Waals surface area (Å²) >= 11 is 0. The number of nitrogens with zero attached hydrogens (tertiary/aromatic N) is 2. The van der Waals surface area contributed by atoms with Gasteiger partial charge in [0.25, 0.3) is 5.91 Å². The minimum absolute atomic E-state index is 0.00929. The molecule has 0 unspecified atom stereocenters. The van der Waals surface area contributed by atoms with Crippen molar-refractivity contribution in [3.05, 3.63) is 72.1 Å². The largest absolute Gasteiger partial charge is 0.484 e. The summed E-state index contributed by atoms with van der Waals surface area (Å²) in [5.41, 5.74) is 2.78. The van der Waals surface area contributed by atoms with E-state index in [1.807, 2.05) is 75.4 Å². The van der Waals surface area contributed by atoms with Gasteiger partial charge in [0.2, 0.25) is 5.89 Å². The predicted molar refractivity (Wildman–Crippen MR) is 104 cm³/mol. The summed E-state index contributed by atoms with van der Waals surface area (Å²) in [6.07, 6.45) is 1.60. The Labute approximate surface area is 159 Å². The molecule has 0 aliphatic carbocycles. The quantitative estimate of drug-likeness (QED) is 0.621. The van der Waals surface area contributed by atoms with Crippen LogP contribution in [0.25, 0.3) is 11.5 Å². The van der Waals surface area contributed by atoms with E-state index >= 15 is 0 Å². The van der Waals surface area contributed by atoms with Gasteiger partial charge in [0.15, 0.2) is 6.61 Å². The van der Waals surface area contributed by atoms with Gasteiger partial charge in [-0.2, -0.15) is 0 Å². The van der Waals surface area contributed by atoms with Gasteiger partial charge >= 0.3 is 0 Å². The third-order valence-electron chi connectivity index (χ3n) is 4.23. The maximum Gasteiger partial charge on any atom is 0.261 e. The number of aromatic nitrogens is 1. The molecule has 1 amide bonds. The highest BCUT2D eigenvalue weighted by molar-refractivity contribution is 5.78. The van der Waals surface area contributed by atoms with Gasteiger partial charge in [-0.15, -0.1) is 0 Å². The van der Waals surface area contributed by atoms with Gasteiger partial charge < -0.3 is 14.1 Å². The normalized spacial score (nSPS) is 10.8. The maximum atomic E-state index is 12.6. The molecule has 0 N–H and O–H groups in total. The van der Waals surface area contributed by atoms with Crippen LogP contribution in [0.2, 0.25) is 0 Å². The second-order valence-electron chi connectivity index (χ2n) is 6.73. The number of carbonyl (C=O) groups is 1. The van der Waals surface area contributed by atoms with Crippen LogP contribution in [0, 0.1) is 6.92 Å². The number of amides is 1. The lowest BCUT2D eigenvalue weighted by atomic mass is 10.2. The molecular weight excluding hydrogens is 340 g/mol. The van der Waals surface area contributed by atoms with E-state index in [1.54, 1.807) is 11.2 Å². The van der Waals surface area contributed by atoms with Crippen molar-refractivity contribution in [3.8, 4) is 17.2 Å². The van der Waals surface area contributed by atoms with Crippen molar-refractivity contribution < 1.29 is 13.9 Å². The SMILES string of the molecule is Cc1ccc(OCC(=O)N(Cc2coc(-c3ccccc3)n2)C(C)C)cc1. The van der Waals surface area contributed by atoms with E-state index < -0.39 is 0 Å². The fourth-order valence-electron chi connectivity index (χ4n) is 2.69. The Morgan fingerprint density at radius 1 is 1.11 bits per heavy atom. The third-order valence-corrected chi connectivity index (χ3v) is 4.23. The molecule has 1 heterocycles. The number of benzene rings is 2. The summed E-state index contributed by atoms with van der Waals surface area (Å²) in [6.45, 7) is 6.33. The van der Waals surface area contributed by atoms with Gasteiger partial charge in [0, 0.05) is 11.6 Å². The molecule has 1 aromatic heterocycles. The van der Waals surface area contributed by atoms with Crippen LogP contribution >= 0.6 is 0 Å². The van der Waals surface area contributed by atoms with Crippen molar-refractivity contribution in [2.24, 2.45) is 0 Å². The topological polar surface area (TPSA) is 55.6 Å². The first kappa shape index (κ1) is 18.7. The van der Waals surface area contributed by atoms with Crippen LogP contribution in [-0.2, 0) is 11.3 Å². The lowest BCUT2D eigenvalue weighted by Gasteiger charge is -2.25. The first-order chi connectivity index (χ1) is 13.0. The van der Waals surface area contributed by atoms with E-state index in [0.717, 1.165) is 11.1 Å². The Kier molecular flexibility index (Phi) is 5.91. The zero-order valence-corrected chi connectivity index (χ0v) is 15.9. The van der Waals surface area contributed by atoms with Gasteiger partial charge in [-0.05, 0) is 45.0 Å². The number of hydrogen-bond donors (Lipinski definition) is 0. The van der Waals surface area contributed by atoms with E-state index in [9.17, 15) is 4.79 Å². The van der Waals surface area contributed by atoms with Crippen LogP contribution in [-0.4, -0.2) is 28.4 Å². The van der Waals surface area contributed by atoms with Crippen LogP contribution in [0.15, 0.2) is 65.3 Å². The highest BCUT2D eigenvalue weighted by atomic mass is 16.5. The molecule has 0 aliphatic heterocycles. The van der Waals surface area contributed by atoms with Gasteiger partial charge in [0.1, 0.15) is 12.0 Å². The fourth-order valence-corrected chi connectivity index (χ4v) is 2.69. The predicted octanol–water partition coefficient (Wildman–Crippen LogP) is 4.47. The van der Waals surface area contributed by atoms with Crippen molar-refractivity contribution in [2.45, 2.75) is 33.4 Å². The first-order valence-corrected chi connectivity index (χ1v) is 9.01. The molecule has 5 heteroatoms. The zero-order valence-electron chi connectivity index (χ0n) is 15.9. The highest BCUT2D eigenvalue weighted by Gasteiger charge is 2.20. The molecule has 0 bridgehead atoms. The van der Waals surface area contributed by atoms with Crippen LogP contribution in [0.1, 0.15) is 25.1 Å². The summed E-state index contributed by atoms with van der Waals surface area (Å²) in [7, 11) is 0. The molecule has 5 nitrogen and oxygen atoms in total. The Bertz CT molecular complexity index is 870. The molecular formula is C22H24N2O3. The second kappa shape index (κ2) is 8.54. The summed E-state index contributed by atoms with van der Waals surface area (Å²) in [4.78, 5) is 18.9. The number of ether oxygens (including phenoxy) is 1. The van der Waals surface area contributed by atoms with Crippen LogP contribution in [0.3, 0.4) is 0 Å². The monoisotopic (exact) mass is 364 g/mol. The zero-order chi connectivity index (χ0) is 19.2. The highest BCUT2D eigenvalue weighted by Crippen LogP contribution is 2.19. The summed E-state index contributed by atoms with van der Waals surface area (Å²) in [5.74, 6) is 1.15.